The maximum Gasteiger partial charge on any atom is 0.0988 e. The lowest BCUT2D eigenvalue weighted by molar-refractivity contribution is -0.893. The van der Waals surface area contributed by atoms with Crippen LogP contribution in [-0.4, -0.2) is 47.8 Å². The molecule has 0 saturated carbocycles. The van der Waals surface area contributed by atoms with E-state index in [9.17, 15) is 5.21 Å². The van der Waals surface area contributed by atoms with E-state index in [0.29, 0.717) is 0 Å². The Kier molecular flexibility index (Phi) is 2.72. The minimum absolute atomic E-state index is 0.227. The summed E-state index contributed by atoms with van der Waals surface area (Å²) in [5.74, 6) is 0. The van der Waals surface area contributed by atoms with Crippen LogP contribution in [0.1, 0.15) is 34.1 Å². The fraction of sp³-hybridized carbons (Fsp3) is 1.00. The molecule has 14 heavy (non-hydrogen) atoms. The van der Waals surface area contributed by atoms with Gasteiger partial charge in [-0.25, -0.2) is 0 Å². The Labute approximate surface area is 87.9 Å². The molecule has 83 valence electrons. The lowest BCUT2D eigenvalue weighted by Crippen LogP contribution is -2.56. The molecule has 0 aromatic carbocycles. The molecule has 0 unspecified atom stereocenters. The van der Waals surface area contributed by atoms with Crippen LogP contribution in [0.4, 0.5) is 0 Å². The van der Waals surface area contributed by atoms with E-state index in [0.717, 1.165) is 24.0 Å². The van der Waals surface area contributed by atoms with Crippen LogP contribution in [0.15, 0.2) is 0 Å². The summed E-state index contributed by atoms with van der Waals surface area (Å²) in [5.41, 5.74) is -0.487. The van der Waals surface area contributed by atoms with Crippen molar-refractivity contribution in [1.82, 2.24) is 5.06 Å². The van der Waals surface area contributed by atoms with Crippen molar-refractivity contribution >= 4 is 0 Å². The minimum Gasteiger partial charge on any atom is -0.327 e. The monoisotopic (exact) mass is 200 g/mol. The highest BCUT2D eigenvalue weighted by atomic mass is 16.5. The first-order valence-electron chi connectivity index (χ1n) is 5.36. The highest BCUT2D eigenvalue weighted by Crippen LogP contribution is 2.32. The summed E-state index contributed by atoms with van der Waals surface area (Å²) >= 11 is 0. The number of quaternary nitrogens is 1. The van der Waals surface area contributed by atoms with E-state index in [1.807, 2.05) is 27.7 Å². The zero-order valence-corrected chi connectivity index (χ0v) is 10.4. The molecule has 0 N–H and O–H groups in total. The van der Waals surface area contributed by atoms with E-state index >= 15 is 0 Å². The number of hydrogen-bond donors (Lipinski definition) is 0. The van der Waals surface area contributed by atoms with Gasteiger partial charge in [0.05, 0.1) is 32.7 Å². The molecule has 1 radical (unpaired) electrons. The molecule has 1 aliphatic heterocycles. The van der Waals surface area contributed by atoms with Gasteiger partial charge in [-0.2, -0.15) is 0 Å². The number of hydrogen-bond acceptors (Lipinski definition) is 1. The van der Waals surface area contributed by atoms with E-state index in [1.54, 1.807) is 0 Å². The van der Waals surface area contributed by atoms with Crippen molar-refractivity contribution in [3.63, 3.8) is 0 Å². The number of likely N-dealkylation sites (N-methyl/N-ethyl adjacent to an activating group) is 1. The standard InChI is InChI=1S/C11H24N2O/c1-10(2)7-8-13(5,6)9-11(3,4)12(10)14/h7-9H2,1-6H3/q+1. The molecule has 1 aliphatic rings. The summed E-state index contributed by atoms with van der Waals surface area (Å²) < 4.78 is 0.940. The molecule has 0 aromatic rings. The molecular formula is C11H24N2O+. The predicted molar refractivity (Wildman–Crippen MR) is 57.1 cm³/mol. The molecule has 3 heteroatoms. The van der Waals surface area contributed by atoms with Crippen molar-refractivity contribution in [3.05, 3.63) is 0 Å². The first-order valence-corrected chi connectivity index (χ1v) is 5.36. The average Bonchev–Trinajstić information content (AvgIpc) is 2.01. The van der Waals surface area contributed by atoms with Crippen LogP contribution in [-0.2, 0) is 5.21 Å². The van der Waals surface area contributed by atoms with E-state index in [-0.39, 0.29) is 11.1 Å². The summed E-state index contributed by atoms with van der Waals surface area (Å²) in [6.07, 6.45) is 0.965. The maximum absolute atomic E-state index is 12.2. The van der Waals surface area contributed by atoms with Crippen molar-refractivity contribution in [2.24, 2.45) is 0 Å². The van der Waals surface area contributed by atoms with Crippen LogP contribution in [0.3, 0.4) is 0 Å². The summed E-state index contributed by atoms with van der Waals surface area (Å²) in [5, 5.41) is 13.5. The molecule has 0 bridgehead atoms. The Morgan fingerprint density at radius 3 is 2.07 bits per heavy atom. The number of nitrogens with zero attached hydrogens (tertiary/aromatic N) is 2. The van der Waals surface area contributed by atoms with E-state index in [1.165, 1.54) is 5.06 Å². The third-order valence-electron chi connectivity index (χ3n) is 3.24. The van der Waals surface area contributed by atoms with Crippen molar-refractivity contribution in [3.8, 4) is 0 Å². The van der Waals surface area contributed by atoms with E-state index < -0.39 is 0 Å². The summed E-state index contributed by atoms with van der Waals surface area (Å²) in [7, 11) is 4.41. The van der Waals surface area contributed by atoms with Crippen LogP contribution in [0.5, 0.6) is 0 Å². The third kappa shape index (κ3) is 2.27. The molecule has 1 rings (SSSR count). The van der Waals surface area contributed by atoms with Crippen LogP contribution < -0.4 is 0 Å². The van der Waals surface area contributed by atoms with Gasteiger partial charge in [0.25, 0.3) is 0 Å². The van der Waals surface area contributed by atoms with Crippen molar-refractivity contribution in [2.75, 3.05) is 27.2 Å². The first-order chi connectivity index (χ1) is 6.07. The van der Waals surface area contributed by atoms with Crippen LogP contribution in [0.2, 0.25) is 0 Å². The summed E-state index contributed by atoms with van der Waals surface area (Å²) in [6.45, 7) is 10.2. The van der Waals surface area contributed by atoms with Gasteiger partial charge in [-0.3, -0.25) is 0 Å². The molecule has 1 saturated heterocycles. The predicted octanol–water partition coefficient (Wildman–Crippen LogP) is 1.67. The van der Waals surface area contributed by atoms with Gasteiger partial charge < -0.3 is 4.48 Å². The van der Waals surface area contributed by atoms with E-state index in [2.05, 4.69) is 14.1 Å². The van der Waals surface area contributed by atoms with Crippen molar-refractivity contribution in [1.29, 1.82) is 0 Å². The fourth-order valence-corrected chi connectivity index (χ4v) is 2.69. The van der Waals surface area contributed by atoms with Crippen LogP contribution >= 0.6 is 0 Å². The second-order valence-corrected chi connectivity index (χ2v) is 6.49. The Bertz CT molecular complexity index is 221. The zero-order valence-electron chi connectivity index (χ0n) is 10.4. The second kappa shape index (κ2) is 3.19. The van der Waals surface area contributed by atoms with Crippen LogP contribution in [0.25, 0.3) is 0 Å². The first kappa shape index (κ1) is 12.0. The normalized spacial score (nSPS) is 31.1. The number of hydroxylamine groups is 2. The van der Waals surface area contributed by atoms with Crippen molar-refractivity contribution < 1.29 is 9.69 Å². The van der Waals surface area contributed by atoms with Gasteiger partial charge in [0.15, 0.2) is 0 Å². The largest absolute Gasteiger partial charge is 0.327 e. The molecule has 1 heterocycles. The fourth-order valence-electron chi connectivity index (χ4n) is 2.69. The van der Waals surface area contributed by atoms with Gasteiger partial charge in [-0.1, -0.05) is 0 Å². The highest BCUT2D eigenvalue weighted by Gasteiger charge is 2.46. The minimum atomic E-state index is -0.260. The summed E-state index contributed by atoms with van der Waals surface area (Å²) in [6, 6.07) is 0. The molecular weight excluding hydrogens is 176 g/mol. The molecule has 3 nitrogen and oxygen atoms in total. The van der Waals surface area contributed by atoms with Crippen LogP contribution in [0, 0.1) is 0 Å². The lowest BCUT2D eigenvalue weighted by atomic mass is 9.95. The topological polar surface area (TPSA) is 23.1 Å². The maximum atomic E-state index is 12.2. The Morgan fingerprint density at radius 1 is 1.07 bits per heavy atom. The SMILES string of the molecule is CC1(C)CC[N+](C)(C)CC(C)(C)N1[O]. The third-order valence-corrected chi connectivity index (χ3v) is 3.24. The van der Waals surface area contributed by atoms with Gasteiger partial charge in [-0.05, 0) is 27.7 Å². The van der Waals surface area contributed by atoms with E-state index in [4.69, 9.17) is 0 Å². The summed E-state index contributed by atoms with van der Waals surface area (Å²) in [4.78, 5) is 0. The molecule has 0 aliphatic carbocycles. The Morgan fingerprint density at radius 2 is 1.57 bits per heavy atom. The van der Waals surface area contributed by atoms with Gasteiger partial charge in [0, 0.05) is 12.0 Å². The molecule has 0 amide bonds. The second-order valence-electron chi connectivity index (χ2n) is 6.49. The number of rotatable bonds is 0. The zero-order chi connectivity index (χ0) is 11.2. The quantitative estimate of drug-likeness (QED) is 0.546. The van der Waals surface area contributed by atoms with Crippen molar-refractivity contribution in [2.45, 2.75) is 45.2 Å². The molecule has 0 aromatic heterocycles. The smallest absolute Gasteiger partial charge is 0.0988 e. The molecule has 0 atom stereocenters. The molecule has 0 spiro atoms. The lowest BCUT2D eigenvalue weighted by Gasteiger charge is -2.39. The van der Waals surface area contributed by atoms with Gasteiger partial charge in [0.1, 0.15) is 0 Å². The van der Waals surface area contributed by atoms with Gasteiger partial charge in [0.2, 0.25) is 0 Å². The Balaban J connectivity index is 2.98. The highest BCUT2D eigenvalue weighted by molar-refractivity contribution is 4.89. The Hall–Kier alpha value is -0.120. The average molecular weight is 200 g/mol. The molecule has 1 fully saturated rings. The van der Waals surface area contributed by atoms with Gasteiger partial charge >= 0.3 is 0 Å². The van der Waals surface area contributed by atoms with Gasteiger partial charge in [-0.15, -0.1) is 10.3 Å².